The van der Waals surface area contributed by atoms with Crippen LogP contribution in [0, 0.1) is 0 Å². The topological polar surface area (TPSA) is 48.1 Å². The minimum absolute atomic E-state index is 0.586. The number of nitrogens with two attached hydrogens (primary N) is 1. The molecule has 0 saturated heterocycles. The Morgan fingerprint density at radius 2 is 2.50 bits per heavy atom. The molecule has 54 valence electrons. The van der Waals surface area contributed by atoms with Gasteiger partial charge in [0.05, 0.1) is 6.61 Å². The summed E-state index contributed by atoms with van der Waals surface area (Å²) in [5.41, 5.74) is 6.15. The zero-order valence-electron chi connectivity index (χ0n) is 5.87. The molecule has 3 heteroatoms. The quantitative estimate of drug-likeness (QED) is 0.664. The summed E-state index contributed by atoms with van der Waals surface area (Å²) in [5.74, 6) is 0.586. The van der Waals surface area contributed by atoms with E-state index in [0.29, 0.717) is 18.2 Å². The van der Waals surface area contributed by atoms with Crippen LogP contribution in [-0.4, -0.2) is 11.6 Å². The van der Waals surface area contributed by atoms with Crippen molar-refractivity contribution in [2.75, 3.05) is 12.3 Å². The second-order valence-corrected chi connectivity index (χ2v) is 1.86. The average Bonchev–Trinajstić information content (AvgIpc) is 1.88. The minimum atomic E-state index is 0.586. The monoisotopic (exact) mass is 138 g/mol. The first-order chi connectivity index (χ1) is 4.83. The lowest BCUT2D eigenvalue weighted by atomic mass is 10.4. The molecule has 0 fully saturated rings. The third-order valence-electron chi connectivity index (χ3n) is 1.05. The van der Waals surface area contributed by atoms with Crippen molar-refractivity contribution in [3.05, 3.63) is 18.3 Å². The van der Waals surface area contributed by atoms with E-state index in [9.17, 15) is 0 Å². The second-order valence-electron chi connectivity index (χ2n) is 1.86. The molecular formula is C7H10N2O. The summed E-state index contributed by atoms with van der Waals surface area (Å²) in [6.07, 6.45) is 1.63. The normalized spacial score (nSPS) is 9.30. The number of aromatic nitrogens is 1. The molecule has 0 saturated carbocycles. The molecule has 0 radical (unpaired) electrons. The van der Waals surface area contributed by atoms with Crippen molar-refractivity contribution in [1.29, 1.82) is 0 Å². The number of ether oxygens (including phenoxy) is 1. The molecule has 0 aromatic carbocycles. The van der Waals surface area contributed by atoms with Crippen LogP contribution in [0.15, 0.2) is 18.3 Å². The highest BCUT2D eigenvalue weighted by Crippen LogP contribution is 2.09. The molecule has 0 unspecified atom stereocenters. The van der Waals surface area contributed by atoms with Gasteiger partial charge in [-0.2, -0.15) is 0 Å². The number of hydrogen-bond donors (Lipinski definition) is 1. The van der Waals surface area contributed by atoms with Crippen LogP contribution in [0.25, 0.3) is 0 Å². The third-order valence-corrected chi connectivity index (χ3v) is 1.05. The number of hydrogen-bond acceptors (Lipinski definition) is 3. The van der Waals surface area contributed by atoms with Gasteiger partial charge in [-0.05, 0) is 13.0 Å². The smallest absolute Gasteiger partial charge is 0.215 e. The summed E-state index contributed by atoms with van der Waals surface area (Å²) in [6.45, 7) is 2.53. The van der Waals surface area contributed by atoms with E-state index >= 15 is 0 Å². The Morgan fingerprint density at radius 1 is 1.70 bits per heavy atom. The lowest BCUT2D eigenvalue weighted by Gasteiger charge is -2.00. The van der Waals surface area contributed by atoms with Gasteiger partial charge < -0.3 is 10.5 Å². The summed E-state index contributed by atoms with van der Waals surface area (Å²) in [4.78, 5) is 3.93. The lowest BCUT2D eigenvalue weighted by Crippen LogP contribution is -1.94. The molecule has 0 bridgehead atoms. The maximum absolute atomic E-state index is 5.47. The molecule has 1 aromatic rings. The van der Waals surface area contributed by atoms with E-state index in [0.717, 1.165) is 0 Å². The average molecular weight is 138 g/mol. The standard InChI is InChI=1S/C7H10N2O/c1-2-10-7-5-6(8)3-4-9-7/h3-5H,2H2,1H3,(H2,8,9). The van der Waals surface area contributed by atoms with Crippen LogP contribution in [0.2, 0.25) is 0 Å². The van der Waals surface area contributed by atoms with Gasteiger partial charge in [0.1, 0.15) is 0 Å². The van der Waals surface area contributed by atoms with Crippen LogP contribution in [-0.2, 0) is 0 Å². The van der Waals surface area contributed by atoms with Crippen molar-refractivity contribution in [2.24, 2.45) is 0 Å². The fourth-order valence-electron chi connectivity index (χ4n) is 0.652. The largest absolute Gasteiger partial charge is 0.478 e. The van der Waals surface area contributed by atoms with Gasteiger partial charge in [-0.15, -0.1) is 0 Å². The summed E-state index contributed by atoms with van der Waals surface area (Å²) in [5, 5.41) is 0. The van der Waals surface area contributed by atoms with Crippen molar-refractivity contribution < 1.29 is 4.74 Å². The molecule has 1 rings (SSSR count). The number of anilines is 1. The van der Waals surface area contributed by atoms with Crippen LogP contribution >= 0.6 is 0 Å². The van der Waals surface area contributed by atoms with E-state index in [1.807, 2.05) is 6.92 Å². The summed E-state index contributed by atoms with van der Waals surface area (Å²) >= 11 is 0. The molecule has 0 atom stereocenters. The Hall–Kier alpha value is -1.25. The van der Waals surface area contributed by atoms with Crippen LogP contribution < -0.4 is 10.5 Å². The van der Waals surface area contributed by atoms with E-state index in [-0.39, 0.29) is 0 Å². The Balaban J connectivity index is 2.75. The second kappa shape index (κ2) is 3.06. The van der Waals surface area contributed by atoms with Crippen molar-refractivity contribution in [3.63, 3.8) is 0 Å². The first-order valence-corrected chi connectivity index (χ1v) is 3.17. The highest BCUT2D eigenvalue weighted by atomic mass is 16.5. The van der Waals surface area contributed by atoms with E-state index in [1.165, 1.54) is 0 Å². The third kappa shape index (κ3) is 1.62. The van der Waals surface area contributed by atoms with Gasteiger partial charge in [-0.25, -0.2) is 4.98 Å². The summed E-state index contributed by atoms with van der Waals surface area (Å²) in [7, 11) is 0. The number of nitrogens with zero attached hydrogens (tertiary/aromatic N) is 1. The summed E-state index contributed by atoms with van der Waals surface area (Å²) < 4.78 is 5.10. The van der Waals surface area contributed by atoms with Crippen molar-refractivity contribution in [3.8, 4) is 5.88 Å². The van der Waals surface area contributed by atoms with Gasteiger partial charge in [0.2, 0.25) is 5.88 Å². The molecule has 0 aliphatic carbocycles. The number of pyridine rings is 1. The van der Waals surface area contributed by atoms with Crippen LogP contribution in [0.1, 0.15) is 6.92 Å². The van der Waals surface area contributed by atoms with E-state index in [4.69, 9.17) is 10.5 Å². The first kappa shape index (κ1) is 6.86. The lowest BCUT2D eigenvalue weighted by molar-refractivity contribution is 0.327. The predicted octanol–water partition coefficient (Wildman–Crippen LogP) is 1.06. The highest BCUT2D eigenvalue weighted by molar-refractivity contribution is 5.39. The van der Waals surface area contributed by atoms with Crippen LogP contribution in [0.5, 0.6) is 5.88 Å². The van der Waals surface area contributed by atoms with E-state index in [1.54, 1.807) is 18.3 Å². The minimum Gasteiger partial charge on any atom is -0.478 e. The van der Waals surface area contributed by atoms with Gasteiger partial charge in [-0.3, -0.25) is 0 Å². The van der Waals surface area contributed by atoms with Gasteiger partial charge in [0.25, 0.3) is 0 Å². The van der Waals surface area contributed by atoms with Gasteiger partial charge in [0, 0.05) is 18.0 Å². The van der Waals surface area contributed by atoms with E-state index in [2.05, 4.69) is 4.98 Å². The van der Waals surface area contributed by atoms with Crippen molar-refractivity contribution >= 4 is 5.69 Å². The molecule has 0 aliphatic rings. The van der Waals surface area contributed by atoms with Crippen molar-refractivity contribution in [2.45, 2.75) is 6.92 Å². The number of rotatable bonds is 2. The summed E-state index contributed by atoms with van der Waals surface area (Å²) in [6, 6.07) is 3.42. The molecule has 1 aromatic heterocycles. The Labute approximate surface area is 59.8 Å². The SMILES string of the molecule is CCOc1cc(N)ccn1. The molecule has 10 heavy (non-hydrogen) atoms. The van der Waals surface area contributed by atoms with Gasteiger partial charge >= 0.3 is 0 Å². The molecular weight excluding hydrogens is 128 g/mol. The molecule has 3 nitrogen and oxygen atoms in total. The zero-order valence-corrected chi connectivity index (χ0v) is 5.87. The molecule has 1 heterocycles. The fourth-order valence-corrected chi connectivity index (χ4v) is 0.652. The molecule has 2 N–H and O–H groups in total. The Morgan fingerprint density at radius 3 is 3.10 bits per heavy atom. The van der Waals surface area contributed by atoms with E-state index < -0.39 is 0 Å². The van der Waals surface area contributed by atoms with Crippen molar-refractivity contribution in [1.82, 2.24) is 4.98 Å². The predicted molar refractivity (Wildman–Crippen MR) is 39.8 cm³/mol. The maximum Gasteiger partial charge on any atom is 0.215 e. The van der Waals surface area contributed by atoms with Gasteiger partial charge in [0.15, 0.2) is 0 Å². The van der Waals surface area contributed by atoms with Crippen LogP contribution in [0.4, 0.5) is 5.69 Å². The molecule has 0 aliphatic heterocycles. The Kier molecular flexibility index (Phi) is 2.10. The van der Waals surface area contributed by atoms with Gasteiger partial charge in [-0.1, -0.05) is 0 Å². The molecule has 0 amide bonds. The zero-order chi connectivity index (χ0) is 7.40. The Bertz CT molecular complexity index is 213. The van der Waals surface area contributed by atoms with Crippen LogP contribution in [0.3, 0.4) is 0 Å². The maximum atomic E-state index is 5.47. The fraction of sp³-hybridized carbons (Fsp3) is 0.286. The molecule has 0 spiro atoms. The first-order valence-electron chi connectivity index (χ1n) is 3.17. The highest BCUT2D eigenvalue weighted by Gasteiger charge is 1.91. The number of nitrogen functional groups attached to an aromatic ring is 1.